The molecule has 2 aromatic rings. The number of pyridine rings is 1. The van der Waals surface area contributed by atoms with Crippen molar-refractivity contribution >= 4 is 5.69 Å². The van der Waals surface area contributed by atoms with E-state index in [9.17, 15) is 0 Å². The van der Waals surface area contributed by atoms with Gasteiger partial charge in [0.1, 0.15) is 11.8 Å². The number of anilines is 1. The van der Waals surface area contributed by atoms with Gasteiger partial charge in [-0.25, -0.2) is 4.98 Å². The van der Waals surface area contributed by atoms with Gasteiger partial charge in [0.2, 0.25) is 0 Å². The number of nitrogens with zero attached hydrogens (tertiary/aromatic N) is 3. The van der Waals surface area contributed by atoms with Crippen molar-refractivity contribution in [2.45, 2.75) is 32.4 Å². The highest BCUT2D eigenvalue weighted by Crippen LogP contribution is 2.17. The first-order valence-corrected chi connectivity index (χ1v) is 8.24. The van der Waals surface area contributed by atoms with Gasteiger partial charge in [0.15, 0.2) is 0 Å². The maximum Gasteiger partial charge on any atom is 0.140 e. The van der Waals surface area contributed by atoms with E-state index in [1.54, 1.807) is 12.3 Å². The molecule has 3 rings (SSSR count). The summed E-state index contributed by atoms with van der Waals surface area (Å²) in [6.45, 7) is 4.23. The number of rotatable bonds is 5. The second kappa shape index (κ2) is 7.75. The van der Waals surface area contributed by atoms with Crippen LogP contribution in [-0.4, -0.2) is 23.0 Å². The summed E-state index contributed by atoms with van der Waals surface area (Å²) in [5, 5.41) is 12.2. The molecule has 0 spiro atoms. The number of piperidine rings is 1. The summed E-state index contributed by atoms with van der Waals surface area (Å²) in [5.41, 5.74) is 4.10. The number of benzene rings is 1. The Labute approximate surface area is 137 Å². The molecular formula is C19H22N4. The molecule has 118 valence electrons. The van der Waals surface area contributed by atoms with Crippen LogP contribution in [0.4, 0.5) is 5.69 Å². The number of aromatic nitrogens is 1. The van der Waals surface area contributed by atoms with E-state index in [0.29, 0.717) is 5.69 Å². The van der Waals surface area contributed by atoms with Crippen LogP contribution in [0.2, 0.25) is 0 Å². The minimum atomic E-state index is 0.445. The van der Waals surface area contributed by atoms with Crippen LogP contribution in [0.25, 0.3) is 0 Å². The molecule has 1 aliphatic rings. The fourth-order valence-electron chi connectivity index (χ4n) is 3.00. The standard InChI is InChI=1S/C19H22N4/c20-12-18-8-9-19(14-22-18)21-13-16-6-2-3-7-17(16)15-23-10-4-1-5-11-23/h2-3,6-9,14,21H,1,4-5,10-11,13,15H2. The van der Waals surface area contributed by atoms with Crippen molar-refractivity contribution < 1.29 is 0 Å². The second-order valence-corrected chi connectivity index (χ2v) is 6.00. The van der Waals surface area contributed by atoms with Gasteiger partial charge in [-0.3, -0.25) is 4.90 Å². The van der Waals surface area contributed by atoms with Gasteiger partial charge in [-0.2, -0.15) is 5.26 Å². The van der Waals surface area contributed by atoms with Gasteiger partial charge in [0, 0.05) is 13.1 Å². The van der Waals surface area contributed by atoms with E-state index < -0.39 is 0 Å². The van der Waals surface area contributed by atoms with E-state index >= 15 is 0 Å². The molecule has 2 heterocycles. The first-order chi connectivity index (χ1) is 11.3. The van der Waals surface area contributed by atoms with E-state index in [2.05, 4.69) is 39.5 Å². The highest BCUT2D eigenvalue weighted by Gasteiger charge is 2.12. The first-order valence-electron chi connectivity index (χ1n) is 8.24. The molecule has 1 aromatic heterocycles. The van der Waals surface area contributed by atoms with Crippen molar-refractivity contribution in [1.82, 2.24) is 9.88 Å². The van der Waals surface area contributed by atoms with Crippen molar-refractivity contribution in [3.63, 3.8) is 0 Å². The lowest BCUT2D eigenvalue weighted by molar-refractivity contribution is 0.220. The van der Waals surface area contributed by atoms with Crippen molar-refractivity contribution in [2.24, 2.45) is 0 Å². The fraction of sp³-hybridized carbons (Fsp3) is 0.368. The topological polar surface area (TPSA) is 52.0 Å². The van der Waals surface area contributed by atoms with Gasteiger partial charge >= 0.3 is 0 Å². The molecule has 4 heteroatoms. The smallest absolute Gasteiger partial charge is 0.140 e. The van der Waals surface area contributed by atoms with Crippen LogP contribution < -0.4 is 5.32 Å². The first kappa shape index (κ1) is 15.5. The van der Waals surface area contributed by atoms with Crippen LogP contribution in [0.1, 0.15) is 36.1 Å². The van der Waals surface area contributed by atoms with Gasteiger partial charge in [0.05, 0.1) is 11.9 Å². The zero-order valence-electron chi connectivity index (χ0n) is 13.3. The van der Waals surface area contributed by atoms with Crippen LogP contribution in [0, 0.1) is 11.3 Å². The second-order valence-electron chi connectivity index (χ2n) is 6.00. The SMILES string of the molecule is N#Cc1ccc(NCc2ccccc2CN2CCCCC2)cn1. The lowest BCUT2D eigenvalue weighted by Crippen LogP contribution is -2.29. The maximum absolute atomic E-state index is 8.79. The Bertz CT molecular complexity index is 667. The quantitative estimate of drug-likeness (QED) is 0.918. The summed E-state index contributed by atoms with van der Waals surface area (Å²) in [4.78, 5) is 6.64. The predicted molar refractivity (Wildman–Crippen MR) is 91.8 cm³/mol. The van der Waals surface area contributed by atoms with Gasteiger partial charge in [-0.1, -0.05) is 30.7 Å². The summed E-state index contributed by atoms with van der Waals surface area (Å²) in [6, 6.07) is 14.3. The van der Waals surface area contributed by atoms with Crippen LogP contribution in [0.3, 0.4) is 0 Å². The molecule has 0 saturated carbocycles. The van der Waals surface area contributed by atoms with Crippen molar-refractivity contribution in [3.05, 3.63) is 59.4 Å². The average molecular weight is 306 g/mol. The molecule has 1 saturated heterocycles. The molecule has 1 aromatic carbocycles. The average Bonchev–Trinajstić information content (AvgIpc) is 2.62. The lowest BCUT2D eigenvalue weighted by Gasteiger charge is -2.27. The van der Waals surface area contributed by atoms with Crippen LogP contribution in [0.5, 0.6) is 0 Å². The Morgan fingerprint density at radius 1 is 1.04 bits per heavy atom. The van der Waals surface area contributed by atoms with Crippen LogP contribution in [0.15, 0.2) is 42.6 Å². The van der Waals surface area contributed by atoms with Gasteiger partial charge < -0.3 is 5.32 Å². The summed E-state index contributed by atoms with van der Waals surface area (Å²) < 4.78 is 0. The van der Waals surface area contributed by atoms with Crippen molar-refractivity contribution in [3.8, 4) is 6.07 Å². The molecule has 1 aliphatic heterocycles. The molecule has 4 nitrogen and oxygen atoms in total. The third-order valence-corrected chi connectivity index (χ3v) is 4.32. The van der Waals surface area contributed by atoms with Crippen molar-refractivity contribution in [1.29, 1.82) is 5.26 Å². The zero-order chi connectivity index (χ0) is 15.9. The third-order valence-electron chi connectivity index (χ3n) is 4.32. The molecule has 1 N–H and O–H groups in total. The highest BCUT2D eigenvalue weighted by molar-refractivity contribution is 5.44. The highest BCUT2D eigenvalue weighted by atomic mass is 15.1. The molecule has 0 aliphatic carbocycles. The van der Waals surface area contributed by atoms with E-state index in [4.69, 9.17) is 5.26 Å². The number of likely N-dealkylation sites (tertiary alicyclic amines) is 1. The normalized spacial score (nSPS) is 15.1. The van der Waals surface area contributed by atoms with E-state index in [0.717, 1.165) is 18.8 Å². The zero-order valence-corrected chi connectivity index (χ0v) is 13.3. The molecule has 0 atom stereocenters. The van der Waals surface area contributed by atoms with Gasteiger partial charge in [0.25, 0.3) is 0 Å². The Hall–Kier alpha value is -2.38. The Morgan fingerprint density at radius 3 is 2.52 bits per heavy atom. The minimum absolute atomic E-state index is 0.445. The summed E-state index contributed by atoms with van der Waals surface area (Å²) in [5.74, 6) is 0. The Kier molecular flexibility index (Phi) is 5.23. The lowest BCUT2D eigenvalue weighted by atomic mass is 10.0. The molecule has 1 fully saturated rings. The van der Waals surface area contributed by atoms with Crippen LogP contribution >= 0.6 is 0 Å². The van der Waals surface area contributed by atoms with Gasteiger partial charge in [-0.15, -0.1) is 0 Å². The van der Waals surface area contributed by atoms with Crippen LogP contribution in [-0.2, 0) is 13.1 Å². The van der Waals surface area contributed by atoms with Crippen molar-refractivity contribution in [2.75, 3.05) is 18.4 Å². The van der Waals surface area contributed by atoms with E-state index in [1.165, 1.54) is 43.5 Å². The molecule has 0 amide bonds. The fourth-order valence-corrected chi connectivity index (χ4v) is 3.00. The Balaban J connectivity index is 1.63. The summed E-state index contributed by atoms with van der Waals surface area (Å²) in [7, 11) is 0. The molecule has 0 unspecified atom stereocenters. The number of hydrogen-bond donors (Lipinski definition) is 1. The summed E-state index contributed by atoms with van der Waals surface area (Å²) in [6.07, 6.45) is 5.71. The summed E-state index contributed by atoms with van der Waals surface area (Å²) >= 11 is 0. The maximum atomic E-state index is 8.79. The monoisotopic (exact) mass is 306 g/mol. The molecule has 23 heavy (non-hydrogen) atoms. The molecule has 0 bridgehead atoms. The number of nitriles is 1. The Morgan fingerprint density at radius 2 is 1.83 bits per heavy atom. The van der Waals surface area contributed by atoms with Gasteiger partial charge in [-0.05, 0) is 49.2 Å². The molecule has 0 radical (unpaired) electrons. The molecular weight excluding hydrogens is 284 g/mol. The largest absolute Gasteiger partial charge is 0.380 e. The number of hydrogen-bond acceptors (Lipinski definition) is 4. The van der Waals surface area contributed by atoms with E-state index in [1.807, 2.05) is 12.1 Å². The third kappa shape index (κ3) is 4.30. The minimum Gasteiger partial charge on any atom is -0.380 e. The number of nitrogens with one attached hydrogen (secondary N) is 1. The predicted octanol–water partition coefficient (Wildman–Crippen LogP) is 3.55. The van der Waals surface area contributed by atoms with E-state index in [-0.39, 0.29) is 0 Å².